The summed E-state index contributed by atoms with van der Waals surface area (Å²) in [4.78, 5) is 26.6. The minimum absolute atomic E-state index is 0.162. The molecule has 0 N–H and O–H groups in total. The van der Waals surface area contributed by atoms with E-state index in [1.807, 2.05) is 79.7 Å². The van der Waals surface area contributed by atoms with Crippen LogP contribution < -0.4 is 4.90 Å². The van der Waals surface area contributed by atoms with Crippen molar-refractivity contribution in [2.24, 2.45) is 0 Å². The molecular weight excluding hydrogens is 388 g/mol. The molecule has 0 aliphatic carbocycles. The van der Waals surface area contributed by atoms with Gasteiger partial charge in [-0.05, 0) is 34.9 Å². The van der Waals surface area contributed by atoms with E-state index in [4.69, 9.17) is 4.74 Å². The van der Waals surface area contributed by atoms with Crippen molar-refractivity contribution in [1.29, 1.82) is 5.26 Å². The van der Waals surface area contributed by atoms with E-state index in [1.54, 1.807) is 24.3 Å². The summed E-state index contributed by atoms with van der Waals surface area (Å²) >= 11 is 0. The first-order chi connectivity index (χ1) is 15.0. The molecule has 0 saturated heterocycles. The lowest BCUT2D eigenvalue weighted by atomic mass is 10.0. The van der Waals surface area contributed by atoms with E-state index in [1.165, 1.54) is 6.08 Å². The van der Waals surface area contributed by atoms with Crippen LogP contribution in [0.5, 0.6) is 0 Å². The number of hydrogen-bond donors (Lipinski definition) is 0. The molecule has 0 unspecified atom stereocenters. The zero-order valence-corrected chi connectivity index (χ0v) is 17.4. The highest BCUT2D eigenvalue weighted by atomic mass is 16.5. The van der Waals surface area contributed by atoms with Gasteiger partial charge in [-0.25, -0.2) is 4.79 Å². The highest BCUT2D eigenvalue weighted by molar-refractivity contribution is 6.02. The molecule has 0 aliphatic heterocycles. The maximum absolute atomic E-state index is 12.4. The van der Waals surface area contributed by atoms with E-state index in [-0.39, 0.29) is 11.4 Å². The maximum atomic E-state index is 12.4. The number of rotatable bonds is 7. The topological polar surface area (TPSA) is 70.4 Å². The van der Waals surface area contributed by atoms with Gasteiger partial charge < -0.3 is 9.64 Å². The minimum Gasteiger partial charge on any atom is -0.453 e. The SMILES string of the molecule is CN(C)c1ccc(/C=C(\C#N)C(=O)OCC(=O)c2ccc(-c3ccccc3)cc2)cc1. The molecule has 0 atom stereocenters. The van der Waals surface area contributed by atoms with Crippen LogP contribution in [0.15, 0.2) is 84.4 Å². The van der Waals surface area contributed by atoms with Gasteiger partial charge >= 0.3 is 5.97 Å². The van der Waals surface area contributed by atoms with Crippen LogP contribution in [0.25, 0.3) is 17.2 Å². The number of ether oxygens (including phenoxy) is 1. The Hall–Kier alpha value is -4.17. The lowest BCUT2D eigenvalue weighted by Crippen LogP contribution is -2.15. The van der Waals surface area contributed by atoms with Crippen molar-refractivity contribution in [3.05, 3.63) is 95.6 Å². The first-order valence-corrected chi connectivity index (χ1v) is 9.73. The van der Waals surface area contributed by atoms with Crippen molar-refractivity contribution in [3.8, 4) is 17.2 Å². The standard InChI is InChI=1S/C26H22N2O3/c1-28(2)24-14-8-19(9-15-24)16-23(17-27)26(30)31-18-25(29)22-12-10-21(11-13-22)20-6-4-3-5-7-20/h3-16H,18H2,1-2H3/b23-16+. The first-order valence-electron chi connectivity index (χ1n) is 9.73. The lowest BCUT2D eigenvalue weighted by molar-refractivity contribution is -0.137. The molecule has 3 aromatic rings. The third-order valence-electron chi connectivity index (χ3n) is 4.71. The molecule has 31 heavy (non-hydrogen) atoms. The second-order valence-corrected chi connectivity index (χ2v) is 7.10. The first kappa shape index (κ1) is 21.5. The number of nitrogens with zero attached hydrogens (tertiary/aromatic N) is 2. The fourth-order valence-corrected chi connectivity index (χ4v) is 2.94. The molecule has 0 amide bonds. The molecule has 5 nitrogen and oxygen atoms in total. The van der Waals surface area contributed by atoms with Gasteiger partial charge in [0.05, 0.1) is 0 Å². The average molecular weight is 410 g/mol. The Morgan fingerprint density at radius 1 is 0.903 bits per heavy atom. The Labute approximate surface area is 181 Å². The van der Waals surface area contributed by atoms with Gasteiger partial charge in [0.15, 0.2) is 12.4 Å². The minimum atomic E-state index is -0.826. The van der Waals surface area contributed by atoms with Crippen LogP contribution in [-0.4, -0.2) is 32.5 Å². The smallest absolute Gasteiger partial charge is 0.349 e. The average Bonchev–Trinajstić information content (AvgIpc) is 2.81. The normalized spacial score (nSPS) is 10.8. The van der Waals surface area contributed by atoms with E-state index in [9.17, 15) is 14.9 Å². The van der Waals surface area contributed by atoms with Crippen molar-refractivity contribution in [1.82, 2.24) is 0 Å². The van der Waals surface area contributed by atoms with E-state index in [2.05, 4.69) is 0 Å². The molecule has 0 aromatic heterocycles. The van der Waals surface area contributed by atoms with E-state index in [0.717, 1.165) is 16.8 Å². The summed E-state index contributed by atoms with van der Waals surface area (Å²) in [6.07, 6.45) is 1.45. The van der Waals surface area contributed by atoms with E-state index >= 15 is 0 Å². The number of benzene rings is 3. The zero-order chi connectivity index (χ0) is 22.2. The number of ketones is 1. The number of carbonyl (C=O) groups excluding carboxylic acids is 2. The molecular formula is C26H22N2O3. The third kappa shape index (κ3) is 5.68. The Bertz CT molecular complexity index is 1120. The maximum Gasteiger partial charge on any atom is 0.349 e. The fraction of sp³-hybridized carbons (Fsp3) is 0.115. The van der Waals surface area contributed by atoms with Crippen LogP contribution in [0.4, 0.5) is 5.69 Å². The number of anilines is 1. The van der Waals surface area contributed by atoms with Crippen LogP contribution in [-0.2, 0) is 9.53 Å². The number of hydrogen-bond acceptors (Lipinski definition) is 5. The van der Waals surface area contributed by atoms with Crippen molar-refractivity contribution >= 4 is 23.5 Å². The highest BCUT2D eigenvalue weighted by Gasteiger charge is 2.14. The number of nitriles is 1. The van der Waals surface area contributed by atoms with Crippen LogP contribution in [0.3, 0.4) is 0 Å². The van der Waals surface area contributed by atoms with Crippen LogP contribution in [0.2, 0.25) is 0 Å². The molecule has 3 rings (SSSR count). The fourth-order valence-electron chi connectivity index (χ4n) is 2.94. The predicted octanol–water partition coefficient (Wildman–Crippen LogP) is 4.75. The Kier molecular flexibility index (Phi) is 6.97. The molecule has 0 bridgehead atoms. The van der Waals surface area contributed by atoms with Crippen molar-refractivity contribution in [3.63, 3.8) is 0 Å². The molecule has 0 radical (unpaired) electrons. The summed E-state index contributed by atoms with van der Waals surface area (Å²) in [6, 6.07) is 26.1. The molecule has 0 aliphatic rings. The summed E-state index contributed by atoms with van der Waals surface area (Å²) in [7, 11) is 3.85. The van der Waals surface area contributed by atoms with Gasteiger partial charge in [-0.1, -0.05) is 66.7 Å². The molecule has 3 aromatic carbocycles. The van der Waals surface area contributed by atoms with Crippen molar-refractivity contribution in [2.45, 2.75) is 0 Å². The van der Waals surface area contributed by atoms with Gasteiger partial charge in [-0.3, -0.25) is 4.79 Å². The summed E-state index contributed by atoms with van der Waals surface area (Å²) < 4.78 is 5.07. The van der Waals surface area contributed by atoms with Gasteiger partial charge in [-0.2, -0.15) is 5.26 Å². The monoisotopic (exact) mass is 410 g/mol. The molecule has 5 heteroatoms. The zero-order valence-electron chi connectivity index (χ0n) is 17.4. The molecule has 0 spiro atoms. The van der Waals surface area contributed by atoms with Crippen LogP contribution in [0.1, 0.15) is 15.9 Å². The van der Waals surface area contributed by atoms with Gasteiger partial charge in [0, 0.05) is 25.3 Å². The Balaban J connectivity index is 1.62. The summed E-state index contributed by atoms with van der Waals surface area (Å²) in [5.41, 5.74) is 4.02. The summed E-state index contributed by atoms with van der Waals surface area (Å²) in [5, 5.41) is 9.31. The number of esters is 1. The molecule has 0 saturated carbocycles. The van der Waals surface area contributed by atoms with Crippen LogP contribution in [0, 0.1) is 11.3 Å². The van der Waals surface area contributed by atoms with Gasteiger partial charge in [0.1, 0.15) is 11.6 Å². The van der Waals surface area contributed by atoms with E-state index in [0.29, 0.717) is 11.1 Å². The van der Waals surface area contributed by atoms with Crippen LogP contribution >= 0.6 is 0 Å². The van der Waals surface area contributed by atoms with E-state index < -0.39 is 12.6 Å². The quantitative estimate of drug-likeness (QED) is 0.243. The van der Waals surface area contributed by atoms with Gasteiger partial charge in [0.25, 0.3) is 0 Å². The van der Waals surface area contributed by atoms with Gasteiger partial charge in [0.2, 0.25) is 0 Å². The Morgan fingerprint density at radius 2 is 1.52 bits per heavy atom. The second kappa shape index (κ2) is 10.0. The highest BCUT2D eigenvalue weighted by Crippen LogP contribution is 2.19. The summed E-state index contributed by atoms with van der Waals surface area (Å²) in [5.74, 6) is -1.16. The molecule has 0 heterocycles. The van der Waals surface area contributed by atoms with Crippen molar-refractivity contribution < 1.29 is 14.3 Å². The second-order valence-electron chi connectivity index (χ2n) is 7.10. The number of carbonyl (C=O) groups is 2. The van der Waals surface area contributed by atoms with Crippen molar-refractivity contribution in [2.75, 3.05) is 25.6 Å². The predicted molar refractivity (Wildman–Crippen MR) is 122 cm³/mol. The number of Topliss-reactive ketones (excluding diaryl/α,β-unsaturated/α-hetero) is 1. The lowest BCUT2D eigenvalue weighted by Gasteiger charge is -2.11. The molecule has 0 fully saturated rings. The Morgan fingerprint density at radius 3 is 2.10 bits per heavy atom. The molecule has 154 valence electrons. The summed E-state index contributed by atoms with van der Waals surface area (Å²) in [6.45, 7) is -0.428. The van der Waals surface area contributed by atoms with Gasteiger partial charge in [-0.15, -0.1) is 0 Å². The third-order valence-corrected chi connectivity index (χ3v) is 4.71. The largest absolute Gasteiger partial charge is 0.453 e.